The highest BCUT2D eigenvalue weighted by molar-refractivity contribution is 4.90. The van der Waals surface area contributed by atoms with Crippen LogP contribution in [0.1, 0.15) is 58.8 Å². The van der Waals surface area contributed by atoms with Gasteiger partial charge in [-0.2, -0.15) is 0 Å². The van der Waals surface area contributed by atoms with Crippen LogP contribution in [0.3, 0.4) is 0 Å². The average Bonchev–Trinajstić information content (AvgIpc) is 2.35. The number of hydrogen-bond acceptors (Lipinski definition) is 2. The first-order chi connectivity index (χ1) is 7.76. The summed E-state index contributed by atoms with van der Waals surface area (Å²) in [5, 5.41) is 3.61. The van der Waals surface area contributed by atoms with Crippen LogP contribution in [0.5, 0.6) is 0 Å². The van der Waals surface area contributed by atoms with E-state index in [9.17, 15) is 0 Å². The minimum atomic E-state index is 0.458. The highest BCUT2D eigenvalue weighted by Crippen LogP contribution is 2.30. The molecule has 0 atom stereocenters. The van der Waals surface area contributed by atoms with E-state index in [2.05, 4.69) is 31.1 Å². The van der Waals surface area contributed by atoms with Gasteiger partial charge in [0.05, 0.1) is 0 Å². The van der Waals surface area contributed by atoms with Gasteiger partial charge >= 0.3 is 0 Å². The van der Waals surface area contributed by atoms with Gasteiger partial charge in [-0.1, -0.05) is 33.1 Å². The predicted molar refractivity (Wildman–Crippen MR) is 71.9 cm³/mol. The minimum Gasteiger partial charge on any atom is -0.314 e. The summed E-state index contributed by atoms with van der Waals surface area (Å²) in [6.07, 6.45) is 9.65. The van der Waals surface area contributed by atoms with Crippen LogP contribution < -0.4 is 5.32 Å². The average molecular weight is 226 g/mol. The van der Waals surface area contributed by atoms with Crippen molar-refractivity contribution in [1.29, 1.82) is 0 Å². The molecule has 0 radical (unpaired) electrons. The van der Waals surface area contributed by atoms with E-state index in [1.807, 2.05) is 0 Å². The summed E-state index contributed by atoms with van der Waals surface area (Å²) in [5.41, 5.74) is 0.458. The molecule has 16 heavy (non-hydrogen) atoms. The monoisotopic (exact) mass is 226 g/mol. The molecule has 1 fully saturated rings. The quantitative estimate of drug-likeness (QED) is 0.718. The van der Waals surface area contributed by atoms with E-state index in [-0.39, 0.29) is 0 Å². The lowest BCUT2D eigenvalue weighted by molar-refractivity contribution is 0.186. The molecule has 0 unspecified atom stereocenters. The summed E-state index contributed by atoms with van der Waals surface area (Å²) in [6.45, 7) is 8.29. The smallest absolute Gasteiger partial charge is 0.0190 e. The second-order valence-corrected chi connectivity index (χ2v) is 5.28. The third-order valence-electron chi connectivity index (χ3n) is 4.23. The molecule has 1 aliphatic rings. The van der Waals surface area contributed by atoms with Gasteiger partial charge in [0, 0.05) is 5.54 Å². The molecule has 0 aromatic heterocycles. The van der Waals surface area contributed by atoms with Gasteiger partial charge in [0.1, 0.15) is 0 Å². The highest BCUT2D eigenvalue weighted by atomic mass is 15.1. The van der Waals surface area contributed by atoms with E-state index in [1.54, 1.807) is 0 Å². The van der Waals surface area contributed by atoms with Crippen molar-refractivity contribution >= 4 is 0 Å². The summed E-state index contributed by atoms with van der Waals surface area (Å²) < 4.78 is 0. The minimum absolute atomic E-state index is 0.458. The van der Waals surface area contributed by atoms with Crippen molar-refractivity contribution in [3.63, 3.8) is 0 Å². The Hall–Kier alpha value is -0.0800. The van der Waals surface area contributed by atoms with Gasteiger partial charge < -0.3 is 10.2 Å². The van der Waals surface area contributed by atoms with Crippen molar-refractivity contribution in [3.05, 3.63) is 0 Å². The van der Waals surface area contributed by atoms with E-state index < -0.39 is 0 Å². The fourth-order valence-electron chi connectivity index (χ4n) is 2.97. The molecule has 0 aromatic carbocycles. The van der Waals surface area contributed by atoms with E-state index in [0.29, 0.717) is 5.54 Å². The molecule has 2 heteroatoms. The van der Waals surface area contributed by atoms with E-state index in [1.165, 1.54) is 64.6 Å². The Morgan fingerprint density at radius 1 is 1.06 bits per heavy atom. The Labute approximate surface area is 102 Å². The first-order valence-electron chi connectivity index (χ1n) is 7.17. The molecule has 1 saturated carbocycles. The van der Waals surface area contributed by atoms with E-state index in [0.717, 1.165) is 0 Å². The van der Waals surface area contributed by atoms with E-state index >= 15 is 0 Å². The van der Waals surface area contributed by atoms with Crippen molar-refractivity contribution in [2.45, 2.75) is 64.3 Å². The van der Waals surface area contributed by atoms with Crippen LogP contribution in [-0.2, 0) is 0 Å². The molecule has 0 saturated heterocycles. The largest absolute Gasteiger partial charge is 0.314 e. The highest BCUT2D eigenvalue weighted by Gasteiger charge is 2.29. The predicted octanol–water partition coefficient (Wildman–Crippen LogP) is 3.03. The lowest BCUT2D eigenvalue weighted by atomic mass is 9.79. The Morgan fingerprint density at radius 2 is 1.75 bits per heavy atom. The summed E-state index contributed by atoms with van der Waals surface area (Å²) in [7, 11) is 2.15. The first-order valence-corrected chi connectivity index (χ1v) is 7.17. The molecular weight excluding hydrogens is 196 g/mol. The topological polar surface area (TPSA) is 15.3 Å². The zero-order chi connectivity index (χ0) is 11.9. The van der Waals surface area contributed by atoms with Crippen molar-refractivity contribution in [1.82, 2.24) is 10.2 Å². The second-order valence-electron chi connectivity index (χ2n) is 5.28. The zero-order valence-electron chi connectivity index (χ0n) is 11.5. The molecule has 0 amide bonds. The number of rotatable bonds is 7. The fraction of sp³-hybridized carbons (Fsp3) is 1.00. The maximum Gasteiger partial charge on any atom is 0.0190 e. The van der Waals surface area contributed by atoms with Crippen LogP contribution in [0.2, 0.25) is 0 Å². The molecule has 0 heterocycles. The first kappa shape index (κ1) is 14.0. The maximum atomic E-state index is 3.61. The Bertz CT molecular complexity index is 174. The molecule has 0 aromatic rings. The molecule has 0 aliphatic heterocycles. The molecule has 1 rings (SSSR count). The van der Waals surface area contributed by atoms with Crippen molar-refractivity contribution < 1.29 is 0 Å². The lowest BCUT2D eigenvalue weighted by Gasteiger charge is -2.38. The molecular formula is C14H30N2. The number of nitrogens with zero attached hydrogens (tertiary/aromatic N) is 1. The summed E-state index contributed by atoms with van der Waals surface area (Å²) in [6, 6.07) is 0. The Balaban J connectivity index is 2.36. The van der Waals surface area contributed by atoms with Crippen molar-refractivity contribution in [2.24, 2.45) is 0 Å². The normalized spacial score (nSPS) is 20.2. The van der Waals surface area contributed by atoms with Gasteiger partial charge in [0.25, 0.3) is 0 Å². The van der Waals surface area contributed by atoms with Gasteiger partial charge in [-0.15, -0.1) is 0 Å². The molecule has 96 valence electrons. The third kappa shape index (κ3) is 4.06. The Morgan fingerprint density at radius 3 is 2.25 bits per heavy atom. The van der Waals surface area contributed by atoms with Crippen LogP contribution in [0, 0.1) is 0 Å². The SMILES string of the molecule is CCCN(CC)CCC1(NC)CCCCC1. The zero-order valence-corrected chi connectivity index (χ0v) is 11.5. The van der Waals surface area contributed by atoms with Gasteiger partial charge in [0.2, 0.25) is 0 Å². The maximum absolute atomic E-state index is 3.61. The summed E-state index contributed by atoms with van der Waals surface area (Å²) >= 11 is 0. The van der Waals surface area contributed by atoms with Gasteiger partial charge in [-0.3, -0.25) is 0 Å². The van der Waals surface area contributed by atoms with Crippen LogP contribution in [0.4, 0.5) is 0 Å². The van der Waals surface area contributed by atoms with Crippen LogP contribution in [0.25, 0.3) is 0 Å². The molecule has 0 spiro atoms. The van der Waals surface area contributed by atoms with Crippen molar-refractivity contribution in [2.75, 3.05) is 26.7 Å². The van der Waals surface area contributed by atoms with Crippen LogP contribution >= 0.6 is 0 Å². The third-order valence-corrected chi connectivity index (χ3v) is 4.23. The molecule has 2 nitrogen and oxygen atoms in total. The molecule has 1 aliphatic carbocycles. The van der Waals surface area contributed by atoms with Gasteiger partial charge in [-0.25, -0.2) is 0 Å². The van der Waals surface area contributed by atoms with Crippen LogP contribution in [0.15, 0.2) is 0 Å². The molecule has 0 bridgehead atoms. The van der Waals surface area contributed by atoms with Crippen LogP contribution in [-0.4, -0.2) is 37.1 Å². The van der Waals surface area contributed by atoms with E-state index in [4.69, 9.17) is 0 Å². The lowest BCUT2D eigenvalue weighted by Crippen LogP contribution is -2.47. The van der Waals surface area contributed by atoms with Gasteiger partial charge in [-0.05, 0) is 52.4 Å². The molecule has 1 N–H and O–H groups in total. The summed E-state index contributed by atoms with van der Waals surface area (Å²) in [4.78, 5) is 2.59. The summed E-state index contributed by atoms with van der Waals surface area (Å²) in [5.74, 6) is 0. The second kappa shape index (κ2) is 7.29. The van der Waals surface area contributed by atoms with Gasteiger partial charge in [0.15, 0.2) is 0 Å². The standard InChI is InChI=1S/C14H30N2/c1-4-12-16(5-2)13-11-14(15-3)9-7-6-8-10-14/h15H,4-13H2,1-3H3. The Kier molecular flexibility index (Phi) is 6.37. The fourth-order valence-corrected chi connectivity index (χ4v) is 2.97. The number of hydrogen-bond donors (Lipinski definition) is 1. The van der Waals surface area contributed by atoms with Crippen molar-refractivity contribution in [3.8, 4) is 0 Å². The number of nitrogens with one attached hydrogen (secondary N) is 1.